The molecule has 2 heterocycles. The number of para-hydroxylation sites is 1. The molecule has 154 valence electrons. The zero-order valence-corrected chi connectivity index (χ0v) is 17.3. The summed E-state index contributed by atoms with van der Waals surface area (Å²) in [5, 5.41) is 12.7. The van der Waals surface area contributed by atoms with Gasteiger partial charge in [-0.25, -0.2) is 9.18 Å². The second-order valence-corrected chi connectivity index (χ2v) is 8.42. The van der Waals surface area contributed by atoms with Crippen molar-refractivity contribution in [1.29, 1.82) is 0 Å². The van der Waals surface area contributed by atoms with Gasteiger partial charge in [-0.3, -0.25) is 4.79 Å². The zero-order chi connectivity index (χ0) is 21.4. The number of ether oxygens (including phenoxy) is 1. The first-order valence-corrected chi connectivity index (χ1v) is 10.4. The van der Waals surface area contributed by atoms with Gasteiger partial charge in [0.25, 0.3) is 0 Å². The minimum atomic E-state index is -1.09. The van der Waals surface area contributed by atoms with Crippen LogP contribution in [0.1, 0.15) is 46.3 Å². The van der Waals surface area contributed by atoms with Crippen LogP contribution in [-0.4, -0.2) is 23.1 Å². The summed E-state index contributed by atoms with van der Waals surface area (Å²) >= 11 is 1.14. The molecule has 1 amide bonds. The van der Waals surface area contributed by atoms with Crippen LogP contribution in [0.2, 0.25) is 0 Å². The summed E-state index contributed by atoms with van der Waals surface area (Å²) in [6.45, 7) is 3.85. The molecule has 0 aliphatic carbocycles. The molecule has 0 saturated heterocycles. The zero-order valence-electron chi connectivity index (χ0n) is 16.4. The maximum absolute atomic E-state index is 13.4. The van der Waals surface area contributed by atoms with E-state index in [4.69, 9.17) is 4.74 Å². The van der Waals surface area contributed by atoms with Gasteiger partial charge < -0.3 is 15.2 Å². The number of halogens is 1. The predicted octanol–water partition coefficient (Wildman–Crippen LogP) is 5.51. The summed E-state index contributed by atoms with van der Waals surface area (Å²) in [5.41, 5.74) is 2.26. The molecule has 1 aliphatic rings. The summed E-state index contributed by atoms with van der Waals surface area (Å²) in [6.07, 6.45) is 0.143. The van der Waals surface area contributed by atoms with E-state index in [0.29, 0.717) is 22.6 Å². The SMILES string of the molecule is CC(C)Oc1ccccc1[C@H]1CC(=O)Nc2c1sc(C(=O)O)c2-c1ccc(F)cc1. The molecule has 30 heavy (non-hydrogen) atoms. The van der Waals surface area contributed by atoms with Gasteiger partial charge >= 0.3 is 5.97 Å². The van der Waals surface area contributed by atoms with Crippen LogP contribution in [0, 0.1) is 5.82 Å². The van der Waals surface area contributed by atoms with Gasteiger partial charge in [-0.15, -0.1) is 11.3 Å². The summed E-state index contributed by atoms with van der Waals surface area (Å²) in [5.74, 6) is -1.37. The highest BCUT2D eigenvalue weighted by molar-refractivity contribution is 7.15. The molecular formula is C23H20FNO4S. The fourth-order valence-corrected chi connectivity index (χ4v) is 4.95. The third kappa shape index (κ3) is 3.68. The minimum Gasteiger partial charge on any atom is -0.491 e. The van der Waals surface area contributed by atoms with Gasteiger partial charge in [-0.2, -0.15) is 0 Å². The van der Waals surface area contributed by atoms with Crippen molar-refractivity contribution >= 4 is 28.9 Å². The number of thiophene rings is 1. The van der Waals surface area contributed by atoms with Crippen LogP contribution >= 0.6 is 11.3 Å². The van der Waals surface area contributed by atoms with Gasteiger partial charge in [0.2, 0.25) is 5.91 Å². The highest BCUT2D eigenvalue weighted by atomic mass is 32.1. The van der Waals surface area contributed by atoms with E-state index in [2.05, 4.69) is 5.32 Å². The van der Waals surface area contributed by atoms with Crippen LogP contribution in [0.3, 0.4) is 0 Å². The lowest BCUT2D eigenvalue weighted by molar-refractivity contribution is -0.116. The first kappa shape index (κ1) is 20.1. The van der Waals surface area contributed by atoms with Crippen LogP contribution in [0.25, 0.3) is 11.1 Å². The maximum atomic E-state index is 13.4. The van der Waals surface area contributed by atoms with Gasteiger partial charge in [0.05, 0.1) is 11.8 Å². The van der Waals surface area contributed by atoms with Crippen molar-refractivity contribution in [2.24, 2.45) is 0 Å². The minimum absolute atomic E-state index is 0.0456. The Labute approximate surface area is 177 Å². The van der Waals surface area contributed by atoms with Crippen LogP contribution in [0.4, 0.5) is 10.1 Å². The van der Waals surface area contributed by atoms with Crippen molar-refractivity contribution in [3.8, 4) is 16.9 Å². The lowest BCUT2D eigenvalue weighted by atomic mass is 9.88. The number of carboxylic acids is 1. The summed E-state index contributed by atoms with van der Waals surface area (Å²) in [6, 6.07) is 13.1. The number of benzene rings is 2. The average molecular weight is 425 g/mol. The number of aromatic carboxylic acids is 1. The van der Waals surface area contributed by atoms with E-state index in [1.807, 2.05) is 38.1 Å². The van der Waals surface area contributed by atoms with E-state index >= 15 is 0 Å². The van der Waals surface area contributed by atoms with Crippen molar-refractivity contribution < 1.29 is 23.8 Å². The number of amides is 1. The number of hydrogen-bond acceptors (Lipinski definition) is 4. The Bertz CT molecular complexity index is 1120. The van der Waals surface area contributed by atoms with Crippen LogP contribution in [-0.2, 0) is 4.79 Å². The highest BCUT2D eigenvalue weighted by Gasteiger charge is 2.35. The number of fused-ring (bicyclic) bond motifs is 1. The Morgan fingerprint density at radius 1 is 1.20 bits per heavy atom. The molecule has 0 radical (unpaired) electrons. The second kappa shape index (κ2) is 7.91. The molecule has 2 aromatic carbocycles. The molecular weight excluding hydrogens is 405 g/mol. The summed E-state index contributed by atoms with van der Waals surface area (Å²) in [7, 11) is 0. The molecule has 7 heteroatoms. The second-order valence-electron chi connectivity index (χ2n) is 7.37. The van der Waals surface area contributed by atoms with Crippen LogP contribution in [0.15, 0.2) is 48.5 Å². The number of rotatable bonds is 5. The average Bonchev–Trinajstić information content (AvgIpc) is 3.08. The predicted molar refractivity (Wildman–Crippen MR) is 114 cm³/mol. The standard InChI is InChI=1S/C23H20FNO4S/c1-12(2)29-17-6-4-3-5-15(17)16-11-18(26)25-20-19(13-7-9-14(24)10-8-13)22(23(27)28)30-21(16)20/h3-10,12,16H,11H2,1-2H3,(H,25,26)(H,27,28)/t16-/m1/s1. The van der Waals surface area contributed by atoms with Crippen LogP contribution < -0.4 is 10.1 Å². The smallest absolute Gasteiger partial charge is 0.346 e. The monoisotopic (exact) mass is 425 g/mol. The molecule has 1 aromatic heterocycles. The molecule has 0 spiro atoms. The molecule has 5 nitrogen and oxygen atoms in total. The van der Waals surface area contributed by atoms with E-state index in [-0.39, 0.29) is 29.2 Å². The molecule has 3 aromatic rings. The molecule has 0 bridgehead atoms. The number of carbonyl (C=O) groups excluding carboxylic acids is 1. The lowest BCUT2D eigenvalue weighted by Crippen LogP contribution is -2.23. The third-order valence-electron chi connectivity index (χ3n) is 4.89. The first-order valence-electron chi connectivity index (χ1n) is 9.56. The highest BCUT2D eigenvalue weighted by Crippen LogP contribution is 2.50. The lowest BCUT2D eigenvalue weighted by Gasteiger charge is -2.26. The normalized spacial score (nSPS) is 15.6. The Morgan fingerprint density at radius 2 is 1.90 bits per heavy atom. The topological polar surface area (TPSA) is 75.6 Å². The van der Waals surface area contributed by atoms with Gasteiger partial charge in [-0.1, -0.05) is 30.3 Å². The van der Waals surface area contributed by atoms with E-state index in [0.717, 1.165) is 21.8 Å². The fourth-order valence-electron chi connectivity index (χ4n) is 3.71. The van der Waals surface area contributed by atoms with Crippen molar-refractivity contribution in [3.05, 3.63) is 69.7 Å². The molecule has 0 fully saturated rings. The maximum Gasteiger partial charge on any atom is 0.346 e. The first-order chi connectivity index (χ1) is 14.3. The summed E-state index contributed by atoms with van der Waals surface area (Å²) < 4.78 is 19.4. The number of carboxylic acid groups (broad SMARTS) is 1. The van der Waals surface area contributed by atoms with Gasteiger partial charge in [0, 0.05) is 28.3 Å². The van der Waals surface area contributed by atoms with Gasteiger partial charge in [0.1, 0.15) is 16.4 Å². The Hall–Kier alpha value is -3.19. The van der Waals surface area contributed by atoms with Crippen molar-refractivity contribution in [2.45, 2.75) is 32.3 Å². The van der Waals surface area contributed by atoms with Crippen molar-refractivity contribution in [2.75, 3.05) is 5.32 Å². The number of carbonyl (C=O) groups is 2. The number of hydrogen-bond donors (Lipinski definition) is 2. The van der Waals surface area contributed by atoms with E-state index in [1.54, 1.807) is 0 Å². The fraction of sp³-hybridized carbons (Fsp3) is 0.217. The Morgan fingerprint density at radius 3 is 2.57 bits per heavy atom. The molecule has 0 saturated carbocycles. The van der Waals surface area contributed by atoms with Gasteiger partial charge in [0.15, 0.2) is 0 Å². The Balaban J connectivity index is 1.91. The van der Waals surface area contributed by atoms with Gasteiger partial charge in [-0.05, 0) is 37.6 Å². The quantitative estimate of drug-likeness (QED) is 0.565. The Kier molecular flexibility index (Phi) is 5.30. The molecule has 0 unspecified atom stereocenters. The number of anilines is 1. The van der Waals surface area contributed by atoms with Crippen molar-refractivity contribution in [3.63, 3.8) is 0 Å². The summed E-state index contributed by atoms with van der Waals surface area (Å²) in [4.78, 5) is 25.5. The third-order valence-corrected chi connectivity index (χ3v) is 6.18. The molecule has 1 atom stereocenters. The molecule has 1 aliphatic heterocycles. The van der Waals surface area contributed by atoms with E-state index < -0.39 is 11.8 Å². The molecule has 4 rings (SSSR count). The molecule has 2 N–H and O–H groups in total. The van der Waals surface area contributed by atoms with Crippen molar-refractivity contribution in [1.82, 2.24) is 0 Å². The van der Waals surface area contributed by atoms with E-state index in [1.165, 1.54) is 24.3 Å². The number of nitrogens with one attached hydrogen (secondary N) is 1. The largest absolute Gasteiger partial charge is 0.491 e. The van der Waals surface area contributed by atoms with Crippen LogP contribution in [0.5, 0.6) is 5.75 Å². The van der Waals surface area contributed by atoms with E-state index in [9.17, 15) is 19.1 Å².